The van der Waals surface area contributed by atoms with E-state index in [-0.39, 0.29) is 13.2 Å². The summed E-state index contributed by atoms with van der Waals surface area (Å²) in [4.78, 5) is 0. The average molecular weight is 132 g/mol. The molecule has 0 rings (SSSR count). The van der Waals surface area contributed by atoms with E-state index >= 15 is 0 Å². The van der Waals surface area contributed by atoms with E-state index in [1.165, 1.54) is 0 Å². The van der Waals surface area contributed by atoms with Crippen LogP contribution in [-0.2, 0) is 4.74 Å². The number of hydrogen-bond donors (Lipinski definition) is 2. The summed E-state index contributed by atoms with van der Waals surface area (Å²) in [5.74, 6) is 0. The molecule has 0 radical (unpaired) electrons. The smallest absolute Gasteiger partial charge is 0.104 e. The Morgan fingerprint density at radius 1 is 1.44 bits per heavy atom. The van der Waals surface area contributed by atoms with Gasteiger partial charge in [-0.15, -0.1) is 6.58 Å². The Bertz CT molecular complexity index is 68.7. The minimum Gasteiger partial charge on any atom is -0.394 e. The van der Waals surface area contributed by atoms with E-state index in [1.807, 2.05) is 0 Å². The number of aliphatic hydroxyl groups excluding tert-OH is 2. The van der Waals surface area contributed by atoms with Gasteiger partial charge in [-0.25, -0.2) is 0 Å². The van der Waals surface area contributed by atoms with Crippen molar-refractivity contribution in [1.29, 1.82) is 0 Å². The van der Waals surface area contributed by atoms with Gasteiger partial charge in [0.15, 0.2) is 0 Å². The van der Waals surface area contributed by atoms with Gasteiger partial charge in [0, 0.05) is 0 Å². The molecule has 0 spiro atoms. The van der Waals surface area contributed by atoms with E-state index in [4.69, 9.17) is 14.9 Å². The van der Waals surface area contributed by atoms with Crippen LogP contribution in [0.2, 0.25) is 0 Å². The summed E-state index contributed by atoms with van der Waals surface area (Å²) in [6, 6.07) is 0. The molecule has 0 saturated heterocycles. The molecule has 0 amide bonds. The van der Waals surface area contributed by atoms with Crippen molar-refractivity contribution in [2.24, 2.45) is 0 Å². The molecule has 2 N–H and O–H groups in total. The molecule has 0 atom stereocenters. The predicted octanol–water partition coefficient (Wildman–Crippen LogP) is -0.458. The van der Waals surface area contributed by atoms with Gasteiger partial charge in [0.2, 0.25) is 0 Å². The first-order valence-electron chi connectivity index (χ1n) is 2.79. The fourth-order valence-electron chi connectivity index (χ4n) is 0.367. The molecule has 54 valence electrons. The molecule has 0 fully saturated rings. The molecule has 0 unspecified atom stereocenters. The Morgan fingerprint density at radius 3 is 2.33 bits per heavy atom. The van der Waals surface area contributed by atoms with Crippen molar-refractivity contribution in [2.45, 2.75) is 6.10 Å². The van der Waals surface area contributed by atoms with Crippen LogP contribution >= 0.6 is 0 Å². The molecular weight excluding hydrogens is 120 g/mol. The fraction of sp³-hybridized carbons (Fsp3) is 0.667. The Labute approximate surface area is 54.6 Å². The lowest BCUT2D eigenvalue weighted by molar-refractivity contribution is -0.00709. The van der Waals surface area contributed by atoms with Crippen LogP contribution in [0.5, 0.6) is 0 Å². The average Bonchev–Trinajstić information content (AvgIpc) is 1.91. The number of ether oxygens (including phenoxy) is 1. The van der Waals surface area contributed by atoms with E-state index in [0.29, 0.717) is 6.61 Å². The van der Waals surface area contributed by atoms with Crippen molar-refractivity contribution >= 4 is 0 Å². The second-order valence-electron chi connectivity index (χ2n) is 1.61. The highest BCUT2D eigenvalue weighted by Gasteiger charge is 2.02. The molecule has 0 aromatic rings. The Hall–Kier alpha value is -0.380. The third kappa shape index (κ3) is 4.14. The fourth-order valence-corrected chi connectivity index (χ4v) is 0.367. The standard InChI is InChI=1S/C6H12O3/c1-2-3-9-6(4-7)5-8/h2,6-8H,1,3-5H2. The van der Waals surface area contributed by atoms with Gasteiger partial charge in [0.1, 0.15) is 6.10 Å². The highest BCUT2D eigenvalue weighted by atomic mass is 16.5. The van der Waals surface area contributed by atoms with Crippen LogP contribution in [0.15, 0.2) is 12.7 Å². The van der Waals surface area contributed by atoms with Crippen molar-refractivity contribution < 1.29 is 14.9 Å². The van der Waals surface area contributed by atoms with Gasteiger partial charge in [0.25, 0.3) is 0 Å². The van der Waals surface area contributed by atoms with Crippen LogP contribution in [-0.4, -0.2) is 36.1 Å². The van der Waals surface area contributed by atoms with Gasteiger partial charge in [0.05, 0.1) is 19.8 Å². The molecule has 0 aromatic carbocycles. The molecule has 0 heterocycles. The van der Waals surface area contributed by atoms with Crippen molar-refractivity contribution in [3.63, 3.8) is 0 Å². The summed E-state index contributed by atoms with van der Waals surface area (Å²) in [6.45, 7) is 3.48. The van der Waals surface area contributed by atoms with Crippen LogP contribution in [0.25, 0.3) is 0 Å². The molecule has 0 bridgehead atoms. The van der Waals surface area contributed by atoms with Gasteiger partial charge in [-0.2, -0.15) is 0 Å². The van der Waals surface area contributed by atoms with Crippen molar-refractivity contribution in [3.8, 4) is 0 Å². The number of aliphatic hydroxyl groups is 2. The minimum atomic E-state index is -0.456. The Balaban J connectivity index is 3.19. The van der Waals surface area contributed by atoms with Gasteiger partial charge in [-0.1, -0.05) is 6.08 Å². The van der Waals surface area contributed by atoms with E-state index in [0.717, 1.165) is 0 Å². The molecule has 0 aliphatic carbocycles. The molecular formula is C6H12O3. The third-order valence-electron chi connectivity index (χ3n) is 0.857. The second kappa shape index (κ2) is 5.75. The van der Waals surface area contributed by atoms with Gasteiger partial charge < -0.3 is 14.9 Å². The largest absolute Gasteiger partial charge is 0.394 e. The van der Waals surface area contributed by atoms with Crippen molar-refractivity contribution in [3.05, 3.63) is 12.7 Å². The molecule has 0 aliphatic heterocycles. The highest BCUT2D eigenvalue weighted by Crippen LogP contribution is 1.87. The summed E-state index contributed by atoms with van der Waals surface area (Å²) in [6.07, 6.45) is 1.11. The van der Waals surface area contributed by atoms with Crippen molar-refractivity contribution in [1.82, 2.24) is 0 Å². The Morgan fingerprint density at radius 2 is 2.00 bits per heavy atom. The zero-order valence-electron chi connectivity index (χ0n) is 5.29. The number of hydrogen-bond acceptors (Lipinski definition) is 3. The lowest BCUT2D eigenvalue weighted by Gasteiger charge is -2.09. The van der Waals surface area contributed by atoms with Crippen molar-refractivity contribution in [2.75, 3.05) is 19.8 Å². The summed E-state index contributed by atoms with van der Waals surface area (Å²) in [7, 11) is 0. The van der Waals surface area contributed by atoms with Crippen LogP contribution in [0.4, 0.5) is 0 Å². The summed E-state index contributed by atoms with van der Waals surface area (Å²) in [5, 5.41) is 16.9. The van der Waals surface area contributed by atoms with Crippen LogP contribution < -0.4 is 0 Å². The van der Waals surface area contributed by atoms with E-state index in [9.17, 15) is 0 Å². The Kier molecular flexibility index (Phi) is 5.51. The van der Waals surface area contributed by atoms with Gasteiger partial charge in [-0.3, -0.25) is 0 Å². The van der Waals surface area contributed by atoms with Gasteiger partial charge in [-0.05, 0) is 0 Å². The second-order valence-corrected chi connectivity index (χ2v) is 1.61. The molecule has 3 heteroatoms. The zero-order chi connectivity index (χ0) is 7.11. The molecule has 0 aromatic heterocycles. The SMILES string of the molecule is C=CCOC(CO)CO. The normalized spacial score (nSPS) is 10.1. The van der Waals surface area contributed by atoms with E-state index < -0.39 is 6.10 Å². The number of rotatable bonds is 5. The molecule has 3 nitrogen and oxygen atoms in total. The third-order valence-corrected chi connectivity index (χ3v) is 0.857. The maximum absolute atomic E-state index is 8.43. The first-order chi connectivity index (χ1) is 4.35. The minimum absolute atomic E-state index is 0.148. The summed E-state index contributed by atoms with van der Waals surface area (Å²) in [5.41, 5.74) is 0. The van der Waals surface area contributed by atoms with Crippen LogP contribution in [0, 0.1) is 0 Å². The van der Waals surface area contributed by atoms with E-state index in [2.05, 4.69) is 6.58 Å². The lowest BCUT2D eigenvalue weighted by atomic mass is 10.4. The van der Waals surface area contributed by atoms with Gasteiger partial charge >= 0.3 is 0 Å². The lowest BCUT2D eigenvalue weighted by Crippen LogP contribution is -2.21. The maximum atomic E-state index is 8.43. The molecule has 0 saturated carbocycles. The highest BCUT2D eigenvalue weighted by molar-refractivity contribution is 4.65. The quantitative estimate of drug-likeness (QED) is 0.498. The first-order valence-corrected chi connectivity index (χ1v) is 2.79. The van der Waals surface area contributed by atoms with Crippen LogP contribution in [0.1, 0.15) is 0 Å². The summed E-state index contributed by atoms with van der Waals surface area (Å²) < 4.78 is 4.87. The monoisotopic (exact) mass is 132 g/mol. The first kappa shape index (κ1) is 8.62. The maximum Gasteiger partial charge on any atom is 0.104 e. The molecule has 0 aliphatic rings. The topological polar surface area (TPSA) is 49.7 Å². The predicted molar refractivity (Wildman–Crippen MR) is 34.1 cm³/mol. The summed E-state index contributed by atoms with van der Waals surface area (Å²) >= 11 is 0. The van der Waals surface area contributed by atoms with E-state index in [1.54, 1.807) is 6.08 Å². The molecule has 9 heavy (non-hydrogen) atoms. The van der Waals surface area contributed by atoms with Crippen LogP contribution in [0.3, 0.4) is 0 Å². The zero-order valence-corrected chi connectivity index (χ0v) is 5.29.